The molecule has 10 aromatic carbocycles. The second-order valence-electron chi connectivity index (χ2n) is 17.6. The van der Waals surface area contributed by atoms with Gasteiger partial charge in [0.15, 0.2) is 0 Å². The van der Waals surface area contributed by atoms with Crippen molar-refractivity contribution < 1.29 is 0 Å². The summed E-state index contributed by atoms with van der Waals surface area (Å²) in [5, 5.41) is 7.68. The highest BCUT2D eigenvalue weighted by Crippen LogP contribution is 2.43. The van der Waals surface area contributed by atoms with Crippen molar-refractivity contribution in [3.8, 4) is 39.1 Å². The van der Waals surface area contributed by atoms with Crippen LogP contribution in [0.3, 0.4) is 0 Å². The first-order valence-electron chi connectivity index (χ1n) is 23.2. The summed E-state index contributed by atoms with van der Waals surface area (Å²) >= 11 is 1.86. The number of aromatic nitrogens is 1. The van der Waals surface area contributed by atoms with Gasteiger partial charge >= 0.3 is 0 Å². The van der Waals surface area contributed by atoms with Gasteiger partial charge in [-0.2, -0.15) is 0 Å². The van der Waals surface area contributed by atoms with Crippen LogP contribution < -0.4 is 4.90 Å². The molecule has 2 heterocycles. The van der Waals surface area contributed by atoms with Gasteiger partial charge in [0.1, 0.15) is 0 Å². The average molecular weight is 873 g/mol. The van der Waals surface area contributed by atoms with Crippen LogP contribution in [-0.4, -0.2) is 10.6 Å². The normalized spacial score (nSPS) is 13.8. The number of para-hydroxylation sites is 1. The first-order chi connectivity index (χ1) is 33.2. The SMILES string of the molecule is C1=CC(N(c2ccc(-c3ccccc3)cc2)c2cccc(-c3cccc4c3c3ccccc3n4-c3ccc4sc5ccccc5c4c3)c2)CC=C1c1ccc(-c2cccc3ccccc23)cc1. The van der Waals surface area contributed by atoms with E-state index in [1.165, 1.54) is 103 Å². The summed E-state index contributed by atoms with van der Waals surface area (Å²) in [5.74, 6) is 0. The number of fused-ring (bicyclic) bond motifs is 7. The molecular formula is C64H44N2S. The summed E-state index contributed by atoms with van der Waals surface area (Å²) < 4.78 is 5.09. The van der Waals surface area contributed by atoms with Gasteiger partial charge in [-0.25, -0.2) is 0 Å². The molecule has 0 saturated heterocycles. The quantitative estimate of drug-likeness (QED) is 0.148. The summed E-state index contributed by atoms with van der Waals surface area (Å²) in [6, 6.07) is 84.8. The lowest BCUT2D eigenvalue weighted by Crippen LogP contribution is -2.30. The van der Waals surface area contributed by atoms with Gasteiger partial charge in [0.25, 0.3) is 0 Å². The van der Waals surface area contributed by atoms with E-state index in [1.807, 2.05) is 11.3 Å². The lowest BCUT2D eigenvalue weighted by atomic mass is 9.93. The number of hydrogen-bond acceptors (Lipinski definition) is 2. The average Bonchev–Trinajstić information content (AvgIpc) is 3.95. The predicted octanol–water partition coefficient (Wildman–Crippen LogP) is 17.9. The number of allylic oxidation sites excluding steroid dienone is 2. The Kier molecular flexibility index (Phi) is 9.54. The fourth-order valence-electron chi connectivity index (χ4n) is 10.5. The lowest BCUT2D eigenvalue weighted by molar-refractivity contribution is 0.787. The molecule has 0 aliphatic heterocycles. The fraction of sp³-hybridized carbons (Fsp3) is 0.0312. The zero-order valence-corrected chi connectivity index (χ0v) is 37.6. The molecule has 1 aliphatic rings. The minimum absolute atomic E-state index is 0.109. The highest BCUT2D eigenvalue weighted by molar-refractivity contribution is 7.25. The molecular weight excluding hydrogens is 829 g/mol. The molecule has 0 N–H and O–H groups in total. The number of hydrogen-bond donors (Lipinski definition) is 0. The molecule has 13 rings (SSSR count). The topological polar surface area (TPSA) is 8.17 Å². The van der Waals surface area contributed by atoms with Crippen molar-refractivity contribution >= 4 is 81.0 Å². The Bertz CT molecular complexity index is 3880. The van der Waals surface area contributed by atoms with Crippen molar-refractivity contribution in [2.75, 3.05) is 4.90 Å². The Balaban J connectivity index is 0.882. The Labute approximate surface area is 394 Å². The van der Waals surface area contributed by atoms with Gasteiger partial charge in [-0.3, -0.25) is 0 Å². The van der Waals surface area contributed by atoms with Crippen molar-refractivity contribution in [3.63, 3.8) is 0 Å². The molecule has 0 saturated carbocycles. The Hall–Kier alpha value is -8.24. The maximum Gasteiger partial charge on any atom is 0.0560 e. The van der Waals surface area contributed by atoms with E-state index in [1.54, 1.807) is 0 Å². The molecule has 12 aromatic rings. The monoisotopic (exact) mass is 872 g/mol. The summed E-state index contributed by atoms with van der Waals surface area (Å²) in [4.78, 5) is 2.52. The zero-order chi connectivity index (χ0) is 44.3. The molecule has 1 atom stereocenters. The first kappa shape index (κ1) is 39.2. The third-order valence-electron chi connectivity index (χ3n) is 13.7. The van der Waals surface area contributed by atoms with Gasteiger partial charge in [0.2, 0.25) is 0 Å². The molecule has 67 heavy (non-hydrogen) atoms. The molecule has 0 radical (unpaired) electrons. The van der Waals surface area contributed by atoms with Crippen LogP contribution in [0.4, 0.5) is 11.4 Å². The molecule has 0 bridgehead atoms. The van der Waals surface area contributed by atoms with E-state index in [9.17, 15) is 0 Å². The number of nitrogens with zero attached hydrogens (tertiary/aromatic N) is 2. The van der Waals surface area contributed by atoms with Gasteiger partial charge in [-0.1, -0.05) is 188 Å². The lowest BCUT2D eigenvalue weighted by Gasteiger charge is -2.33. The molecule has 2 aromatic heterocycles. The first-order valence-corrected chi connectivity index (χ1v) is 24.0. The van der Waals surface area contributed by atoms with Crippen LogP contribution in [-0.2, 0) is 0 Å². The third-order valence-corrected chi connectivity index (χ3v) is 14.9. The molecule has 0 fully saturated rings. The van der Waals surface area contributed by atoms with E-state index in [-0.39, 0.29) is 6.04 Å². The smallest absolute Gasteiger partial charge is 0.0560 e. The second kappa shape index (κ2) is 16.3. The summed E-state index contributed by atoms with van der Waals surface area (Å²) in [6.45, 7) is 0. The molecule has 2 nitrogen and oxygen atoms in total. The maximum absolute atomic E-state index is 2.52. The molecule has 0 spiro atoms. The molecule has 1 unspecified atom stereocenters. The van der Waals surface area contributed by atoms with Crippen LogP contribution in [0.1, 0.15) is 12.0 Å². The minimum Gasteiger partial charge on any atom is -0.334 e. The van der Waals surface area contributed by atoms with Gasteiger partial charge in [0, 0.05) is 48.0 Å². The molecule has 3 heteroatoms. The Morgan fingerprint density at radius 1 is 0.418 bits per heavy atom. The largest absolute Gasteiger partial charge is 0.334 e. The van der Waals surface area contributed by atoms with Crippen molar-refractivity contribution in [2.45, 2.75) is 12.5 Å². The zero-order valence-electron chi connectivity index (χ0n) is 36.8. The molecule has 1 aliphatic carbocycles. The van der Waals surface area contributed by atoms with Gasteiger partial charge in [-0.15, -0.1) is 11.3 Å². The minimum atomic E-state index is 0.109. The van der Waals surface area contributed by atoms with Crippen LogP contribution in [0.2, 0.25) is 0 Å². The van der Waals surface area contributed by atoms with Crippen LogP contribution >= 0.6 is 11.3 Å². The van der Waals surface area contributed by atoms with Crippen LogP contribution in [0.15, 0.2) is 249 Å². The summed E-state index contributed by atoms with van der Waals surface area (Å²) in [6.07, 6.45) is 8.00. The van der Waals surface area contributed by atoms with Gasteiger partial charge < -0.3 is 9.47 Å². The summed E-state index contributed by atoms with van der Waals surface area (Å²) in [5.41, 5.74) is 15.7. The van der Waals surface area contributed by atoms with E-state index in [0.29, 0.717) is 0 Å². The predicted molar refractivity (Wildman–Crippen MR) is 288 cm³/mol. The van der Waals surface area contributed by atoms with Crippen LogP contribution in [0.5, 0.6) is 0 Å². The van der Waals surface area contributed by atoms with E-state index in [2.05, 4.69) is 258 Å². The van der Waals surface area contributed by atoms with Gasteiger partial charge in [-0.05, 0) is 122 Å². The van der Waals surface area contributed by atoms with E-state index < -0.39 is 0 Å². The Morgan fingerprint density at radius 3 is 1.91 bits per heavy atom. The van der Waals surface area contributed by atoms with Gasteiger partial charge in [0.05, 0.1) is 17.1 Å². The number of thiophene rings is 1. The molecule has 0 amide bonds. The van der Waals surface area contributed by atoms with E-state index in [0.717, 1.165) is 17.8 Å². The van der Waals surface area contributed by atoms with Crippen molar-refractivity contribution in [2.24, 2.45) is 0 Å². The third kappa shape index (κ3) is 6.86. The van der Waals surface area contributed by atoms with E-state index >= 15 is 0 Å². The highest BCUT2D eigenvalue weighted by Gasteiger charge is 2.23. The number of anilines is 2. The highest BCUT2D eigenvalue weighted by atomic mass is 32.1. The van der Waals surface area contributed by atoms with Crippen molar-refractivity contribution in [3.05, 3.63) is 254 Å². The number of benzene rings is 10. The van der Waals surface area contributed by atoms with Crippen molar-refractivity contribution in [1.82, 2.24) is 4.57 Å². The van der Waals surface area contributed by atoms with Crippen LogP contribution in [0.25, 0.3) is 97.4 Å². The maximum atomic E-state index is 2.52. The van der Waals surface area contributed by atoms with E-state index in [4.69, 9.17) is 0 Å². The van der Waals surface area contributed by atoms with Crippen molar-refractivity contribution in [1.29, 1.82) is 0 Å². The second-order valence-corrected chi connectivity index (χ2v) is 18.7. The number of rotatable bonds is 8. The van der Waals surface area contributed by atoms with Crippen LogP contribution in [0, 0.1) is 0 Å². The summed E-state index contributed by atoms with van der Waals surface area (Å²) in [7, 11) is 0. The molecule has 316 valence electrons. The Morgan fingerprint density at radius 2 is 1.06 bits per heavy atom. The fourth-order valence-corrected chi connectivity index (χ4v) is 11.6. The standard InChI is InChI=1S/C64H44N2S/c1-2-13-43(14-3-1)45-31-35-50(36-32-45)65(51-37-33-46(34-38-51)44-27-29-48(30-28-44)55-22-11-16-47-15-4-5-19-54(47)55)52-18-10-17-49(41-52)56-23-12-25-61-64(56)58-21-6-8-24-60(58)66(61)53-39-40-63-59(42-53)57-20-7-9-26-62(57)67-63/h1-37,39-42,51H,38H2.